The highest BCUT2D eigenvalue weighted by molar-refractivity contribution is 5.85. The lowest BCUT2D eigenvalue weighted by molar-refractivity contribution is -0.176. The zero-order chi connectivity index (χ0) is 18.3. The summed E-state index contributed by atoms with van der Waals surface area (Å²) in [6.07, 6.45) is 3.18. The Bertz CT molecular complexity index is 712. The molecule has 0 heterocycles. The molecule has 0 aromatic heterocycles. The molecule has 2 bridgehead atoms. The van der Waals surface area contributed by atoms with E-state index in [1.165, 1.54) is 13.5 Å². The van der Waals surface area contributed by atoms with Crippen LogP contribution in [-0.4, -0.2) is 19.2 Å². The molecule has 2 fully saturated rings. The standard InChI is InChI=1S/C22H28O3/c1-6-13-22(24-5,16-10-8-7-9-11-16)19(23)25-18-15-17-12-14-21(18,4)20(17,2)3/h7-11,17-18H,12,14-15H2,1-5H3/t17-,18+,21+,22-/m0/s1. The van der Waals surface area contributed by atoms with E-state index in [2.05, 4.69) is 32.6 Å². The van der Waals surface area contributed by atoms with Gasteiger partial charge in [0.05, 0.1) is 0 Å². The van der Waals surface area contributed by atoms with Crippen molar-refractivity contribution in [3.8, 4) is 11.8 Å². The van der Waals surface area contributed by atoms with Crippen LogP contribution in [0.5, 0.6) is 0 Å². The van der Waals surface area contributed by atoms with Gasteiger partial charge in [-0.15, -0.1) is 5.92 Å². The molecule has 134 valence electrons. The number of methoxy groups -OCH3 is 1. The Morgan fingerprint density at radius 3 is 2.40 bits per heavy atom. The molecule has 0 saturated heterocycles. The summed E-state index contributed by atoms with van der Waals surface area (Å²) in [5.74, 6) is 6.03. The van der Waals surface area contributed by atoms with Crippen LogP contribution in [0.3, 0.4) is 0 Å². The Morgan fingerprint density at radius 2 is 1.92 bits per heavy atom. The Balaban J connectivity index is 1.91. The van der Waals surface area contributed by atoms with Gasteiger partial charge in [0.25, 0.3) is 5.60 Å². The number of carbonyl (C=O) groups is 1. The Kier molecular flexibility index (Phi) is 4.45. The zero-order valence-electron chi connectivity index (χ0n) is 15.9. The van der Waals surface area contributed by atoms with E-state index in [-0.39, 0.29) is 16.9 Å². The van der Waals surface area contributed by atoms with Gasteiger partial charge < -0.3 is 9.47 Å². The number of fused-ring (bicyclic) bond motifs is 2. The third kappa shape index (κ3) is 2.50. The molecule has 2 saturated carbocycles. The van der Waals surface area contributed by atoms with Crippen LogP contribution in [0.15, 0.2) is 30.3 Å². The molecule has 0 spiro atoms. The van der Waals surface area contributed by atoms with Crippen LogP contribution < -0.4 is 0 Å². The summed E-state index contributed by atoms with van der Waals surface area (Å²) in [4.78, 5) is 13.2. The number of benzene rings is 1. The summed E-state index contributed by atoms with van der Waals surface area (Å²) in [5.41, 5.74) is -0.442. The minimum Gasteiger partial charge on any atom is -0.459 e. The van der Waals surface area contributed by atoms with Gasteiger partial charge in [-0.25, -0.2) is 4.79 Å². The summed E-state index contributed by atoms with van der Waals surface area (Å²) in [5, 5.41) is 0. The molecule has 1 aromatic rings. The summed E-state index contributed by atoms with van der Waals surface area (Å²) in [7, 11) is 1.52. The van der Waals surface area contributed by atoms with E-state index in [9.17, 15) is 4.79 Å². The van der Waals surface area contributed by atoms with Gasteiger partial charge in [-0.2, -0.15) is 0 Å². The Hall–Kier alpha value is -1.79. The maximum atomic E-state index is 13.2. The molecule has 3 nitrogen and oxygen atoms in total. The van der Waals surface area contributed by atoms with Crippen molar-refractivity contribution in [1.29, 1.82) is 0 Å². The first kappa shape index (κ1) is 18.0. The van der Waals surface area contributed by atoms with Crippen LogP contribution >= 0.6 is 0 Å². The van der Waals surface area contributed by atoms with Crippen molar-refractivity contribution >= 4 is 5.97 Å². The van der Waals surface area contributed by atoms with E-state index in [1.807, 2.05) is 30.3 Å². The van der Waals surface area contributed by atoms with E-state index in [0.29, 0.717) is 11.5 Å². The Morgan fingerprint density at radius 1 is 1.24 bits per heavy atom. The second-order valence-electron chi connectivity index (χ2n) is 8.13. The second kappa shape index (κ2) is 6.18. The fourth-order valence-electron chi connectivity index (χ4n) is 4.86. The van der Waals surface area contributed by atoms with Crippen LogP contribution in [0, 0.1) is 28.6 Å². The lowest BCUT2D eigenvalue weighted by Gasteiger charge is -2.39. The highest BCUT2D eigenvalue weighted by atomic mass is 16.6. The number of hydrogen-bond acceptors (Lipinski definition) is 3. The summed E-state index contributed by atoms with van der Waals surface area (Å²) >= 11 is 0. The average molecular weight is 340 g/mol. The van der Waals surface area contributed by atoms with Crippen molar-refractivity contribution < 1.29 is 14.3 Å². The van der Waals surface area contributed by atoms with Crippen molar-refractivity contribution in [2.45, 2.75) is 58.7 Å². The highest BCUT2D eigenvalue weighted by Gasteiger charge is 2.63. The van der Waals surface area contributed by atoms with Gasteiger partial charge in [0.15, 0.2) is 0 Å². The molecule has 2 aliphatic rings. The van der Waals surface area contributed by atoms with Crippen molar-refractivity contribution in [1.82, 2.24) is 0 Å². The largest absolute Gasteiger partial charge is 0.459 e. The normalized spacial score (nSPS) is 31.7. The van der Waals surface area contributed by atoms with Crippen LogP contribution in [0.1, 0.15) is 52.5 Å². The van der Waals surface area contributed by atoms with E-state index in [4.69, 9.17) is 9.47 Å². The lowest BCUT2D eigenvalue weighted by atomic mass is 9.70. The van der Waals surface area contributed by atoms with Gasteiger partial charge in [-0.3, -0.25) is 0 Å². The Labute approximate surface area is 151 Å². The molecule has 1 aromatic carbocycles. The van der Waals surface area contributed by atoms with Crippen molar-refractivity contribution in [3.63, 3.8) is 0 Å². The first-order valence-electron chi connectivity index (χ1n) is 9.07. The van der Waals surface area contributed by atoms with Crippen LogP contribution in [0.4, 0.5) is 0 Å². The minimum absolute atomic E-state index is 0.0170. The van der Waals surface area contributed by atoms with Gasteiger partial charge in [0, 0.05) is 18.1 Å². The van der Waals surface area contributed by atoms with Crippen LogP contribution in [-0.2, 0) is 19.9 Å². The first-order chi connectivity index (χ1) is 11.8. The van der Waals surface area contributed by atoms with Crippen LogP contribution in [0.2, 0.25) is 0 Å². The predicted octanol–water partition coefficient (Wildman–Crippen LogP) is 4.31. The molecule has 4 atom stereocenters. The fourth-order valence-corrected chi connectivity index (χ4v) is 4.86. The molecule has 3 heteroatoms. The first-order valence-corrected chi connectivity index (χ1v) is 9.07. The molecule has 0 amide bonds. The van der Waals surface area contributed by atoms with E-state index >= 15 is 0 Å². The highest BCUT2D eigenvalue weighted by Crippen LogP contribution is 2.66. The topological polar surface area (TPSA) is 35.5 Å². The van der Waals surface area contributed by atoms with Gasteiger partial charge in [0.1, 0.15) is 6.10 Å². The molecule has 2 aliphatic carbocycles. The van der Waals surface area contributed by atoms with Crippen molar-refractivity contribution in [2.24, 2.45) is 16.7 Å². The summed E-state index contributed by atoms with van der Waals surface area (Å²) in [6.45, 7) is 8.60. The number of carbonyl (C=O) groups excluding carboxylic acids is 1. The van der Waals surface area contributed by atoms with E-state index in [0.717, 1.165) is 12.8 Å². The zero-order valence-corrected chi connectivity index (χ0v) is 15.9. The summed E-state index contributed by atoms with van der Waals surface area (Å²) in [6, 6.07) is 9.41. The number of rotatable bonds is 4. The molecule has 25 heavy (non-hydrogen) atoms. The second-order valence-corrected chi connectivity index (χ2v) is 8.13. The van der Waals surface area contributed by atoms with Crippen molar-refractivity contribution in [3.05, 3.63) is 35.9 Å². The van der Waals surface area contributed by atoms with Gasteiger partial charge in [-0.1, -0.05) is 57.0 Å². The van der Waals surface area contributed by atoms with Gasteiger partial charge in [-0.05, 0) is 37.5 Å². The van der Waals surface area contributed by atoms with Gasteiger partial charge in [0.2, 0.25) is 0 Å². The van der Waals surface area contributed by atoms with Crippen molar-refractivity contribution in [2.75, 3.05) is 7.11 Å². The SMILES string of the molecule is CC#C[C@@](OC)(C(=O)O[C@@H]1C[C@@H]2CC[C@@]1(C)C2(C)C)c1ccccc1. The maximum absolute atomic E-state index is 13.2. The molecule has 0 unspecified atom stereocenters. The molecule has 0 radical (unpaired) electrons. The average Bonchev–Trinajstić information content (AvgIpc) is 2.94. The third-order valence-electron chi connectivity index (χ3n) is 7.04. The molecule has 3 rings (SSSR count). The summed E-state index contributed by atoms with van der Waals surface area (Å²) < 4.78 is 11.7. The van der Waals surface area contributed by atoms with Crippen LogP contribution in [0.25, 0.3) is 0 Å². The minimum atomic E-state index is -1.36. The fraction of sp³-hybridized carbons (Fsp3) is 0.591. The molecule has 0 aliphatic heterocycles. The smallest absolute Gasteiger partial charge is 0.356 e. The molecular formula is C22H28O3. The van der Waals surface area contributed by atoms with Gasteiger partial charge >= 0.3 is 5.97 Å². The molecular weight excluding hydrogens is 312 g/mol. The number of hydrogen-bond donors (Lipinski definition) is 0. The predicted molar refractivity (Wildman–Crippen MR) is 97.7 cm³/mol. The lowest BCUT2D eigenvalue weighted by Crippen LogP contribution is -2.44. The van der Waals surface area contributed by atoms with E-state index < -0.39 is 11.6 Å². The monoisotopic (exact) mass is 340 g/mol. The third-order valence-corrected chi connectivity index (χ3v) is 7.04. The maximum Gasteiger partial charge on any atom is 0.356 e. The number of esters is 1. The van der Waals surface area contributed by atoms with E-state index in [1.54, 1.807) is 6.92 Å². The molecule has 0 N–H and O–H groups in total. The quantitative estimate of drug-likeness (QED) is 0.605. The number of ether oxygens (including phenoxy) is 2.